The van der Waals surface area contributed by atoms with E-state index in [9.17, 15) is 0 Å². The molecule has 0 N–H and O–H groups in total. The van der Waals surface area contributed by atoms with Crippen molar-refractivity contribution in [2.45, 2.75) is 52.4 Å². The van der Waals surface area contributed by atoms with Gasteiger partial charge in [-0.15, -0.1) is 18.2 Å². The molecule has 0 saturated heterocycles. The normalized spacial score (nSPS) is 12.0. The van der Waals surface area contributed by atoms with Gasteiger partial charge in [-0.05, 0) is 51.1 Å². The second kappa shape index (κ2) is 10.9. The van der Waals surface area contributed by atoms with Crippen molar-refractivity contribution in [3.63, 3.8) is 0 Å². The molecule has 3 aromatic carbocycles. The van der Waals surface area contributed by atoms with E-state index in [1.165, 1.54) is 16.5 Å². The average Bonchev–Trinajstić information content (AvgIpc) is 3.26. The Labute approximate surface area is 256 Å². The molecule has 0 saturated carbocycles. The molecule has 5 heteroatoms. The summed E-state index contributed by atoms with van der Waals surface area (Å²) in [5, 5.41) is 2.34. The van der Waals surface area contributed by atoms with Gasteiger partial charge in [-0.2, -0.15) is 24.3 Å². The van der Waals surface area contributed by atoms with Crippen LogP contribution < -0.4 is 4.74 Å². The quantitative estimate of drug-likeness (QED) is 0.171. The van der Waals surface area contributed by atoms with Crippen LogP contribution >= 0.6 is 0 Å². The molecule has 0 aliphatic carbocycles. The van der Waals surface area contributed by atoms with Crippen molar-refractivity contribution in [3.8, 4) is 28.6 Å². The van der Waals surface area contributed by atoms with Gasteiger partial charge in [0.15, 0.2) is 0 Å². The van der Waals surface area contributed by atoms with Crippen molar-refractivity contribution in [2.24, 2.45) is 0 Å². The van der Waals surface area contributed by atoms with E-state index in [0.29, 0.717) is 11.6 Å². The van der Waals surface area contributed by atoms with Gasteiger partial charge in [0.1, 0.15) is 5.82 Å². The molecule has 3 heterocycles. The van der Waals surface area contributed by atoms with E-state index < -0.39 is 0 Å². The van der Waals surface area contributed by atoms with Crippen molar-refractivity contribution >= 4 is 21.8 Å². The summed E-state index contributed by atoms with van der Waals surface area (Å²) in [6.07, 6.45) is 3.71. The number of pyridine rings is 2. The van der Waals surface area contributed by atoms with Crippen LogP contribution in [0.5, 0.6) is 11.6 Å². The maximum Gasteiger partial charge on any atom is 2.00 e. The molecule has 0 spiro atoms. The van der Waals surface area contributed by atoms with Gasteiger partial charge in [0.2, 0.25) is 5.88 Å². The van der Waals surface area contributed by atoms with Crippen molar-refractivity contribution in [1.82, 2.24) is 14.5 Å². The number of hydrogen-bond donors (Lipinski definition) is 0. The van der Waals surface area contributed by atoms with Gasteiger partial charge >= 0.3 is 21.1 Å². The van der Waals surface area contributed by atoms with Crippen LogP contribution in [0, 0.1) is 12.1 Å². The minimum absolute atomic E-state index is 0. The van der Waals surface area contributed by atoms with E-state index in [4.69, 9.17) is 9.72 Å². The van der Waals surface area contributed by atoms with E-state index >= 15 is 0 Å². The average molecular weight is 719 g/mol. The zero-order valence-electron chi connectivity index (χ0n) is 24.2. The number of ether oxygens (including phenoxy) is 1. The first kappa shape index (κ1) is 28.8. The van der Waals surface area contributed by atoms with E-state index in [0.717, 1.165) is 33.4 Å². The van der Waals surface area contributed by atoms with Crippen LogP contribution in [-0.2, 0) is 31.9 Å². The minimum atomic E-state index is 0. The molecule has 4 nitrogen and oxygen atoms in total. The zero-order valence-corrected chi connectivity index (χ0v) is 26.5. The summed E-state index contributed by atoms with van der Waals surface area (Å²) in [4.78, 5) is 9.20. The summed E-state index contributed by atoms with van der Waals surface area (Å²) < 4.78 is 8.18. The molecule has 6 rings (SSSR count). The van der Waals surface area contributed by atoms with Gasteiger partial charge in [-0.25, -0.2) is 21.1 Å². The van der Waals surface area contributed by atoms with Crippen LogP contribution in [0.2, 0.25) is 0 Å². The number of rotatable bonds is 4. The minimum Gasteiger partial charge on any atom is -0.460 e. The number of nitrogens with zero attached hydrogens (tertiary/aromatic N) is 3. The van der Waals surface area contributed by atoms with Gasteiger partial charge in [0, 0.05) is 29.7 Å². The third kappa shape index (κ3) is 5.72. The molecule has 6 aromatic rings. The molecule has 0 aliphatic heterocycles. The van der Waals surface area contributed by atoms with E-state index in [1.54, 1.807) is 6.20 Å². The first-order valence-electron chi connectivity index (χ1n) is 13.7. The van der Waals surface area contributed by atoms with Gasteiger partial charge in [0.05, 0.1) is 0 Å². The molecule has 0 bridgehead atoms. The monoisotopic (exact) mass is 718 g/mol. The Kier molecular flexibility index (Phi) is 7.65. The second-order valence-electron chi connectivity index (χ2n) is 12.3. The van der Waals surface area contributed by atoms with E-state index in [-0.39, 0.29) is 31.9 Å². The second-order valence-corrected chi connectivity index (χ2v) is 12.3. The standard InChI is InChI=1S/C36H33N3O.Pt/c1-35(2,3)26-14-17-31-30(22-26)29-16-13-25(24-10-9-11-28(20-24)40-34-12-7-8-19-37-34)21-32(29)39(31)33-18-15-27(23-38-33)36(4,5)6;/h7-19,22-23H,1-6H3;/q-2;+2. The number of fused-ring (bicyclic) bond motifs is 3. The molecule has 41 heavy (non-hydrogen) atoms. The first-order chi connectivity index (χ1) is 19.1. The van der Waals surface area contributed by atoms with Gasteiger partial charge in [-0.1, -0.05) is 71.2 Å². The third-order valence-corrected chi connectivity index (χ3v) is 7.30. The Bertz CT molecular complexity index is 1830. The molecule has 0 radical (unpaired) electrons. The van der Waals surface area contributed by atoms with Crippen LogP contribution in [0.4, 0.5) is 0 Å². The van der Waals surface area contributed by atoms with Gasteiger partial charge in [-0.3, -0.25) is 0 Å². The van der Waals surface area contributed by atoms with Gasteiger partial charge in [0.25, 0.3) is 0 Å². The maximum absolute atomic E-state index is 5.96. The fourth-order valence-corrected chi connectivity index (χ4v) is 4.95. The Hall–Kier alpha value is -3.75. The van der Waals surface area contributed by atoms with Gasteiger partial charge < -0.3 is 9.30 Å². The smallest absolute Gasteiger partial charge is 0.460 e. The molecular weight excluding hydrogens is 685 g/mol. The van der Waals surface area contributed by atoms with Crippen LogP contribution in [0.3, 0.4) is 0 Å². The van der Waals surface area contributed by atoms with Crippen LogP contribution in [-0.4, -0.2) is 14.5 Å². The number of hydrogen-bond acceptors (Lipinski definition) is 3. The first-order valence-corrected chi connectivity index (χ1v) is 13.7. The largest absolute Gasteiger partial charge is 2.00 e. The topological polar surface area (TPSA) is 39.9 Å². The summed E-state index contributed by atoms with van der Waals surface area (Å²) in [6, 6.07) is 34.0. The maximum atomic E-state index is 5.96. The predicted octanol–water partition coefficient (Wildman–Crippen LogP) is 9.23. The molecule has 0 fully saturated rings. The zero-order chi connectivity index (χ0) is 28.1. The summed E-state index contributed by atoms with van der Waals surface area (Å²) >= 11 is 0. The van der Waals surface area contributed by atoms with Crippen molar-refractivity contribution in [2.75, 3.05) is 0 Å². The Balaban J connectivity index is 0.00000337. The number of aromatic nitrogens is 3. The SMILES string of the molecule is CC(C)(C)c1ccc(-n2c3[c-]c(-c4[c-]c(Oc5ccccn5)ccc4)ccc3c3cc(C(C)(C)C)ccc32)nc1.[Pt+2]. The van der Waals surface area contributed by atoms with Crippen molar-refractivity contribution in [1.29, 1.82) is 0 Å². The molecule has 0 amide bonds. The molecule has 0 aliphatic rings. The summed E-state index contributed by atoms with van der Waals surface area (Å²) in [5.74, 6) is 2.02. The fourth-order valence-electron chi connectivity index (χ4n) is 4.95. The molecular formula is C36H33N3OPt. The van der Waals surface area contributed by atoms with Crippen LogP contribution in [0.15, 0.2) is 91.3 Å². The van der Waals surface area contributed by atoms with E-state index in [1.807, 2.05) is 42.6 Å². The summed E-state index contributed by atoms with van der Waals surface area (Å²) in [6.45, 7) is 13.4. The third-order valence-electron chi connectivity index (χ3n) is 7.30. The summed E-state index contributed by atoms with van der Waals surface area (Å²) in [5.41, 5.74) is 6.52. The fraction of sp³-hybridized carbons (Fsp3) is 0.222. The molecule has 3 aromatic heterocycles. The van der Waals surface area contributed by atoms with Crippen LogP contribution in [0.1, 0.15) is 52.7 Å². The Morgan fingerprint density at radius 2 is 1.44 bits per heavy atom. The molecule has 0 atom stereocenters. The number of benzene rings is 3. The molecule has 208 valence electrons. The Morgan fingerprint density at radius 1 is 0.683 bits per heavy atom. The summed E-state index contributed by atoms with van der Waals surface area (Å²) in [7, 11) is 0. The predicted molar refractivity (Wildman–Crippen MR) is 163 cm³/mol. The molecule has 0 unspecified atom stereocenters. The van der Waals surface area contributed by atoms with Crippen molar-refractivity contribution < 1.29 is 25.8 Å². The Morgan fingerprint density at radius 3 is 2.12 bits per heavy atom. The van der Waals surface area contributed by atoms with Crippen molar-refractivity contribution in [3.05, 3.63) is 115 Å². The van der Waals surface area contributed by atoms with Crippen LogP contribution in [0.25, 0.3) is 38.8 Å². The van der Waals surface area contributed by atoms with E-state index in [2.05, 4.69) is 106 Å².